The summed E-state index contributed by atoms with van der Waals surface area (Å²) in [7, 11) is 1.64. The number of fused-ring (bicyclic) bond motifs is 2. The third kappa shape index (κ3) is 6.43. The molecule has 11 heteroatoms. The average Bonchev–Trinajstić information content (AvgIpc) is 3.62. The van der Waals surface area contributed by atoms with Crippen LogP contribution in [-0.2, 0) is 29.0 Å². The maximum absolute atomic E-state index is 14.4. The molecule has 0 bridgehead atoms. The number of aromatic nitrogens is 1. The quantitative estimate of drug-likeness (QED) is 0.250. The van der Waals surface area contributed by atoms with Gasteiger partial charge < -0.3 is 20.1 Å². The zero-order valence-electron chi connectivity index (χ0n) is 25.5. The summed E-state index contributed by atoms with van der Waals surface area (Å²) in [4.78, 5) is 36.8. The van der Waals surface area contributed by atoms with Gasteiger partial charge >= 0.3 is 6.03 Å². The van der Waals surface area contributed by atoms with Crippen LogP contribution < -0.4 is 5.32 Å². The molecule has 6 rings (SSSR count). The SMILES string of the molecule is C=CCN(C(=O)NCc1ccccc1)N1CC(OC)N2C(Cc3ccc(O)cc3)C(=O)N(Cc3cccc4sc(C)nc34)C[C@@H]21. The lowest BCUT2D eigenvalue weighted by molar-refractivity contribution is -0.159. The Kier molecular flexibility index (Phi) is 9.13. The van der Waals surface area contributed by atoms with Crippen LogP contribution in [0.15, 0.2) is 85.5 Å². The van der Waals surface area contributed by atoms with Gasteiger partial charge in [0.1, 0.15) is 18.1 Å². The molecule has 4 aromatic rings. The zero-order chi connectivity index (χ0) is 31.5. The largest absolute Gasteiger partial charge is 0.508 e. The Balaban J connectivity index is 1.33. The molecule has 2 N–H and O–H groups in total. The van der Waals surface area contributed by atoms with Gasteiger partial charge in [-0.2, -0.15) is 5.01 Å². The van der Waals surface area contributed by atoms with E-state index >= 15 is 0 Å². The van der Waals surface area contributed by atoms with Crippen LogP contribution >= 0.6 is 11.3 Å². The number of benzene rings is 3. The van der Waals surface area contributed by atoms with E-state index in [0.29, 0.717) is 32.6 Å². The summed E-state index contributed by atoms with van der Waals surface area (Å²) in [6, 6.07) is 22.0. The van der Waals surface area contributed by atoms with E-state index in [1.807, 2.05) is 71.4 Å². The van der Waals surface area contributed by atoms with Crippen molar-refractivity contribution >= 4 is 33.5 Å². The lowest BCUT2D eigenvalue weighted by atomic mass is 9.99. The Hall–Kier alpha value is -4.29. The fourth-order valence-electron chi connectivity index (χ4n) is 6.33. The fourth-order valence-corrected chi connectivity index (χ4v) is 7.21. The number of rotatable bonds is 10. The molecule has 0 radical (unpaired) electrons. The van der Waals surface area contributed by atoms with E-state index in [0.717, 1.165) is 31.9 Å². The van der Waals surface area contributed by atoms with E-state index < -0.39 is 12.3 Å². The van der Waals surface area contributed by atoms with Crippen molar-refractivity contribution in [3.63, 3.8) is 0 Å². The van der Waals surface area contributed by atoms with Crippen molar-refractivity contribution in [2.75, 3.05) is 26.7 Å². The number of hydrazine groups is 1. The number of carbonyl (C=O) groups excluding carboxylic acids is 2. The number of carbonyl (C=O) groups is 2. The van der Waals surface area contributed by atoms with Crippen LogP contribution in [0.4, 0.5) is 4.79 Å². The van der Waals surface area contributed by atoms with Gasteiger partial charge in [0.25, 0.3) is 0 Å². The molecule has 3 amide bonds. The third-order valence-corrected chi connectivity index (χ3v) is 9.38. The molecule has 3 atom stereocenters. The molecule has 3 aromatic carbocycles. The van der Waals surface area contributed by atoms with Crippen LogP contribution in [0, 0.1) is 6.92 Å². The molecular formula is C34H38N6O4S. The number of urea groups is 1. The summed E-state index contributed by atoms with van der Waals surface area (Å²) in [6.07, 6.45) is 1.36. The fraction of sp³-hybridized carbons (Fsp3) is 0.324. The highest BCUT2D eigenvalue weighted by atomic mass is 32.1. The summed E-state index contributed by atoms with van der Waals surface area (Å²) in [5.41, 5.74) is 3.81. The van der Waals surface area contributed by atoms with E-state index in [-0.39, 0.29) is 30.4 Å². The Labute approximate surface area is 267 Å². The topological polar surface area (TPSA) is 101 Å². The molecular weight excluding hydrogens is 588 g/mol. The molecule has 2 unspecified atom stereocenters. The number of phenolic OH excluding ortho intramolecular Hbond substituents is 1. The average molecular weight is 627 g/mol. The number of methoxy groups -OCH3 is 1. The second kappa shape index (κ2) is 13.4. The summed E-state index contributed by atoms with van der Waals surface area (Å²) in [5.74, 6) is 0.152. The molecule has 3 heterocycles. The number of aryl methyl sites for hydroxylation is 1. The van der Waals surface area contributed by atoms with Gasteiger partial charge in [0.2, 0.25) is 5.91 Å². The summed E-state index contributed by atoms with van der Waals surface area (Å²) in [5, 5.41) is 17.6. The number of para-hydroxylation sites is 1. The van der Waals surface area contributed by atoms with Gasteiger partial charge in [-0.25, -0.2) is 14.7 Å². The van der Waals surface area contributed by atoms with Gasteiger partial charge in [-0.1, -0.05) is 60.7 Å². The summed E-state index contributed by atoms with van der Waals surface area (Å²) >= 11 is 1.64. The van der Waals surface area contributed by atoms with Crippen LogP contribution in [-0.4, -0.2) is 87.0 Å². The number of amides is 3. The summed E-state index contributed by atoms with van der Waals surface area (Å²) < 4.78 is 7.07. The minimum atomic E-state index is -0.558. The Morgan fingerprint density at radius 2 is 1.89 bits per heavy atom. The first kappa shape index (κ1) is 30.7. The Morgan fingerprint density at radius 1 is 1.11 bits per heavy atom. The minimum Gasteiger partial charge on any atom is -0.508 e. The molecule has 2 saturated heterocycles. The number of hydrogen-bond donors (Lipinski definition) is 2. The second-order valence-corrected chi connectivity index (χ2v) is 12.6. The molecule has 2 aliphatic heterocycles. The number of thiazole rings is 1. The Morgan fingerprint density at radius 3 is 2.62 bits per heavy atom. The van der Waals surface area contributed by atoms with Gasteiger partial charge in [-0.15, -0.1) is 17.9 Å². The van der Waals surface area contributed by atoms with E-state index in [9.17, 15) is 14.7 Å². The predicted molar refractivity (Wildman–Crippen MR) is 174 cm³/mol. The van der Waals surface area contributed by atoms with Crippen LogP contribution in [0.2, 0.25) is 0 Å². The van der Waals surface area contributed by atoms with E-state index in [1.54, 1.807) is 41.7 Å². The Bertz CT molecular complexity index is 1660. The van der Waals surface area contributed by atoms with Gasteiger partial charge in [0.15, 0.2) is 0 Å². The minimum absolute atomic E-state index is 0.0176. The van der Waals surface area contributed by atoms with Crippen molar-refractivity contribution in [3.05, 3.63) is 107 Å². The van der Waals surface area contributed by atoms with Crippen LogP contribution in [0.5, 0.6) is 5.75 Å². The molecule has 2 fully saturated rings. The van der Waals surface area contributed by atoms with Crippen molar-refractivity contribution in [2.24, 2.45) is 0 Å². The second-order valence-electron chi connectivity index (χ2n) is 11.4. The van der Waals surface area contributed by atoms with E-state index in [4.69, 9.17) is 9.72 Å². The van der Waals surface area contributed by atoms with Crippen molar-refractivity contribution in [2.45, 2.75) is 44.9 Å². The normalized spacial score (nSPS) is 20.4. The van der Waals surface area contributed by atoms with Crippen LogP contribution in [0.3, 0.4) is 0 Å². The predicted octanol–water partition coefficient (Wildman–Crippen LogP) is 4.49. The number of nitrogens with one attached hydrogen (secondary N) is 1. The number of aromatic hydroxyl groups is 1. The van der Waals surface area contributed by atoms with E-state index in [2.05, 4.69) is 22.9 Å². The van der Waals surface area contributed by atoms with E-state index in [1.165, 1.54) is 0 Å². The highest BCUT2D eigenvalue weighted by Gasteiger charge is 2.53. The van der Waals surface area contributed by atoms with Crippen LogP contribution in [0.1, 0.15) is 21.7 Å². The van der Waals surface area contributed by atoms with Gasteiger partial charge in [0, 0.05) is 20.2 Å². The van der Waals surface area contributed by atoms with Gasteiger partial charge in [0.05, 0.1) is 40.9 Å². The van der Waals surface area contributed by atoms with Crippen molar-refractivity contribution in [3.8, 4) is 5.75 Å². The third-order valence-electron chi connectivity index (χ3n) is 8.45. The highest BCUT2D eigenvalue weighted by Crippen LogP contribution is 2.34. The van der Waals surface area contributed by atoms with Crippen molar-refractivity contribution in [1.29, 1.82) is 0 Å². The molecule has 0 spiro atoms. The molecule has 0 saturated carbocycles. The number of piperazine rings is 1. The van der Waals surface area contributed by atoms with Crippen molar-refractivity contribution in [1.82, 2.24) is 30.1 Å². The standard InChI is InChI=1S/C34H38N6O4S/c1-4-17-38(34(43)35-19-25-9-6-5-7-10-25)39-22-31(44-3)40-28(18-24-13-15-27(41)16-14-24)33(42)37(21-30(39)40)20-26-11-8-12-29-32(26)36-23(2)45-29/h4-16,28,30-31,41H,1,17-22H2,2-3H3,(H,35,43)/t28?,30-,31?/m1/s1. The molecule has 0 aliphatic carbocycles. The van der Waals surface area contributed by atoms with Crippen LogP contribution in [0.25, 0.3) is 10.2 Å². The molecule has 2 aliphatic rings. The molecule has 234 valence electrons. The number of hydrogen-bond acceptors (Lipinski definition) is 8. The maximum Gasteiger partial charge on any atom is 0.332 e. The number of ether oxygens (including phenoxy) is 1. The molecule has 45 heavy (non-hydrogen) atoms. The monoisotopic (exact) mass is 626 g/mol. The van der Waals surface area contributed by atoms with Crippen molar-refractivity contribution < 1.29 is 19.4 Å². The highest BCUT2D eigenvalue weighted by molar-refractivity contribution is 7.18. The first-order chi connectivity index (χ1) is 21.9. The zero-order valence-corrected chi connectivity index (χ0v) is 26.3. The van der Waals surface area contributed by atoms with Gasteiger partial charge in [-0.3, -0.25) is 9.80 Å². The lowest BCUT2D eigenvalue weighted by Gasteiger charge is -2.47. The molecule has 10 nitrogen and oxygen atoms in total. The smallest absolute Gasteiger partial charge is 0.332 e. The summed E-state index contributed by atoms with van der Waals surface area (Å²) in [6.45, 7) is 7.73. The molecule has 1 aromatic heterocycles. The van der Waals surface area contributed by atoms with Gasteiger partial charge in [-0.05, 0) is 48.2 Å². The first-order valence-electron chi connectivity index (χ1n) is 15.0. The number of nitrogens with zero attached hydrogens (tertiary/aromatic N) is 5. The first-order valence-corrected chi connectivity index (χ1v) is 15.9. The maximum atomic E-state index is 14.4. The lowest BCUT2D eigenvalue weighted by Crippen LogP contribution is -2.66. The number of phenols is 1.